The van der Waals surface area contributed by atoms with Gasteiger partial charge in [0.25, 0.3) is 0 Å². The Morgan fingerprint density at radius 1 is 1.06 bits per heavy atom. The number of benzene rings is 1. The van der Waals surface area contributed by atoms with Gasteiger partial charge in [0.05, 0.1) is 0 Å². The van der Waals surface area contributed by atoms with Crippen LogP contribution in [0, 0.1) is 0 Å². The maximum Gasteiger partial charge on any atom is 1.00 e. The molecule has 0 spiro atoms. The van der Waals surface area contributed by atoms with Gasteiger partial charge < -0.3 is 15.0 Å². The molecule has 0 bridgehead atoms. The molecule has 1 aromatic rings. The number of carbonyl (C=O) groups excluding carboxylic acids is 1. The summed E-state index contributed by atoms with van der Waals surface area (Å²) in [7, 11) is 0. The van der Waals surface area contributed by atoms with E-state index in [1.165, 1.54) is 5.56 Å². The Balaban J connectivity index is 0.00000256. The van der Waals surface area contributed by atoms with Crippen molar-refractivity contribution >= 4 is 5.97 Å². The molecule has 0 aliphatic heterocycles. The Hall–Kier alpha value is -0.510. The molecule has 0 aromatic heterocycles. The average molecular weight is 244 g/mol. The van der Waals surface area contributed by atoms with Crippen molar-refractivity contribution in [3.63, 3.8) is 0 Å². The minimum atomic E-state index is -0.960. The molecule has 17 heavy (non-hydrogen) atoms. The molecule has 1 N–H and O–H groups in total. The van der Waals surface area contributed by atoms with Crippen LogP contribution < -0.4 is 34.7 Å². The zero-order valence-corrected chi connectivity index (χ0v) is 12.3. The Bertz CT molecular complexity index is 322. The van der Waals surface area contributed by atoms with Gasteiger partial charge in [0.15, 0.2) is 0 Å². The monoisotopic (exact) mass is 244 g/mol. The number of carbonyl (C=O) groups is 1. The van der Waals surface area contributed by atoms with Gasteiger partial charge in [0.1, 0.15) is 5.75 Å². The SMILES string of the molecule is O=C([O-])CCCCCCc1ccc(O)cc1.[Na+]. The van der Waals surface area contributed by atoms with Gasteiger partial charge in [0.2, 0.25) is 0 Å². The van der Waals surface area contributed by atoms with Crippen molar-refractivity contribution in [3.05, 3.63) is 29.8 Å². The molecule has 0 saturated heterocycles. The third kappa shape index (κ3) is 8.25. The molecule has 1 rings (SSSR count). The largest absolute Gasteiger partial charge is 1.00 e. The number of rotatable bonds is 7. The molecule has 4 heteroatoms. The van der Waals surface area contributed by atoms with E-state index in [0.29, 0.717) is 6.42 Å². The van der Waals surface area contributed by atoms with Crippen molar-refractivity contribution in [2.24, 2.45) is 0 Å². The molecule has 0 atom stereocenters. The molecule has 0 saturated carbocycles. The third-order valence-electron chi connectivity index (χ3n) is 2.53. The molecule has 0 radical (unpaired) electrons. The van der Waals surface area contributed by atoms with Crippen LogP contribution in [0.2, 0.25) is 0 Å². The van der Waals surface area contributed by atoms with Gasteiger partial charge in [-0.2, -0.15) is 0 Å². The molecule has 1 aromatic carbocycles. The van der Waals surface area contributed by atoms with Crippen LogP contribution in [0.4, 0.5) is 0 Å². The predicted molar refractivity (Wildman–Crippen MR) is 59.9 cm³/mol. The van der Waals surface area contributed by atoms with E-state index in [9.17, 15) is 9.90 Å². The average Bonchev–Trinajstić information content (AvgIpc) is 2.25. The second kappa shape index (κ2) is 9.51. The minimum Gasteiger partial charge on any atom is -0.550 e. The summed E-state index contributed by atoms with van der Waals surface area (Å²) in [5, 5.41) is 19.2. The first-order valence-electron chi connectivity index (χ1n) is 5.66. The number of phenolic OH excluding ortho intramolecular Hbond substituents is 1. The number of hydrogen-bond acceptors (Lipinski definition) is 3. The van der Waals surface area contributed by atoms with Crippen LogP contribution in [-0.4, -0.2) is 11.1 Å². The summed E-state index contributed by atoms with van der Waals surface area (Å²) in [5.74, 6) is -0.670. The summed E-state index contributed by atoms with van der Waals surface area (Å²) in [5.41, 5.74) is 1.21. The molecule has 88 valence electrons. The first-order valence-corrected chi connectivity index (χ1v) is 5.66. The molecule has 3 nitrogen and oxygen atoms in total. The summed E-state index contributed by atoms with van der Waals surface area (Å²) in [6.07, 6.45) is 4.88. The fourth-order valence-electron chi connectivity index (χ4n) is 1.61. The van der Waals surface area contributed by atoms with E-state index in [4.69, 9.17) is 5.11 Å². The summed E-state index contributed by atoms with van der Waals surface area (Å²) >= 11 is 0. The second-order valence-electron chi connectivity index (χ2n) is 3.95. The standard InChI is InChI=1S/C13H18O3.Na/c14-12-9-7-11(8-10-12)5-3-1-2-4-6-13(15)16;/h7-10,14H,1-6H2,(H,15,16);/q;+1/p-1. The number of aromatic hydroxyl groups is 1. The molecule has 0 aliphatic carbocycles. The van der Waals surface area contributed by atoms with E-state index in [2.05, 4.69) is 0 Å². The van der Waals surface area contributed by atoms with Crippen molar-refractivity contribution in [1.29, 1.82) is 0 Å². The molecular formula is C13H17NaO3. The van der Waals surface area contributed by atoms with Gasteiger partial charge in [0, 0.05) is 5.97 Å². The van der Waals surface area contributed by atoms with E-state index >= 15 is 0 Å². The first-order chi connectivity index (χ1) is 7.68. The van der Waals surface area contributed by atoms with E-state index in [1.807, 2.05) is 12.1 Å². The Morgan fingerprint density at radius 2 is 1.65 bits per heavy atom. The van der Waals surface area contributed by atoms with Gasteiger partial charge in [-0.3, -0.25) is 0 Å². The summed E-state index contributed by atoms with van der Waals surface area (Å²) in [6.45, 7) is 0. The maximum atomic E-state index is 10.2. The number of carboxylic acids is 1. The Kier molecular flexibility index (Phi) is 9.23. The summed E-state index contributed by atoms with van der Waals surface area (Å²) in [6, 6.07) is 7.20. The number of aliphatic carboxylic acids is 1. The number of phenols is 1. The quantitative estimate of drug-likeness (QED) is 0.476. The van der Waals surface area contributed by atoms with Crippen LogP contribution in [-0.2, 0) is 11.2 Å². The van der Waals surface area contributed by atoms with Gasteiger partial charge in [-0.1, -0.05) is 25.0 Å². The van der Waals surface area contributed by atoms with Crippen LogP contribution in [0.5, 0.6) is 5.75 Å². The van der Waals surface area contributed by atoms with E-state index in [0.717, 1.165) is 25.7 Å². The van der Waals surface area contributed by atoms with Crippen molar-refractivity contribution in [1.82, 2.24) is 0 Å². The third-order valence-corrected chi connectivity index (χ3v) is 2.53. The minimum absolute atomic E-state index is 0. The van der Waals surface area contributed by atoms with Crippen LogP contribution in [0.3, 0.4) is 0 Å². The topological polar surface area (TPSA) is 60.4 Å². The molecule has 0 aliphatic rings. The van der Waals surface area contributed by atoms with Gasteiger partial charge in [-0.05, 0) is 43.4 Å². The van der Waals surface area contributed by atoms with Crippen molar-refractivity contribution in [3.8, 4) is 5.75 Å². The molecular weight excluding hydrogens is 227 g/mol. The molecule has 0 heterocycles. The number of hydrogen-bond donors (Lipinski definition) is 1. The van der Waals surface area contributed by atoms with E-state index < -0.39 is 5.97 Å². The second-order valence-corrected chi connectivity index (χ2v) is 3.95. The first kappa shape index (κ1) is 16.5. The predicted octanol–water partition coefficient (Wildman–Crippen LogP) is -1.36. The molecule has 0 fully saturated rings. The number of aryl methyl sites for hydroxylation is 1. The zero-order chi connectivity index (χ0) is 11.8. The van der Waals surface area contributed by atoms with Gasteiger partial charge >= 0.3 is 29.6 Å². The van der Waals surface area contributed by atoms with Crippen LogP contribution in [0.25, 0.3) is 0 Å². The van der Waals surface area contributed by atoms with Crippen molar-refractivity contribution in [2.45, 2.75) is 38.5 Å². The fraction of sp³-hybridized carbons (Fsp3) is 0.462. The summed E-state index contributed by atoms with van der Waals surface area (Å²) < 4.78 is 0. The fourth-order valence-corrected chi connectivity index (χ4v) is 1.61. The number of carboxylic acid groups (broad SMARTS) is 1. The van der Waals surface area contributed by atoms with E-state index in [1.54, 1.807) is 12.1 Å². The van der Waals surface area contributed by atoms with Crippen LogP contribution in [0.1, 0.15) is 37.7 Å². The molecule has 0 amide bonds. The maximum absolute atomic E-state index is 10.2. The van der Waals surface area contributed by atoms with Crippen molar-refractivity contribution < 1.29 is 44.6 Å². The van der Waals surface area contributed by atoms with Crippen molar-refractivity contribution in [2.75, 3.05) is 0 Å². The molecule has 0 unspecified atom stereocenters. The van der Waals surface area contributed by atoms with Gasteiger partial charge in [-0.15, -0.1) is 0 Å². The smallest absolute Gasteiger partial charge is 0.550 e. The van der Waals surface area contributed by atoms with Crippen LogP contribution in [0.15, 0.2) is 24.3 Å². The Morgan fingerprint density at radius 3 is 2.24 bits per heavy atom. The summed E-state index contributed by atoms with van der Waals surface area (Å²) in [4.78, 5) is 10.2. The van der Waals surface area contributed by atoms with Gasteiger partial charge in [-0.25, -0.2) is 0 Å². The number of unbranched alkanes of at least 4 members (excludes halogenated alkanes) is 3. The Labute approximate surface area is 124 Å². The van der Waals surface area contributed by atoms with E-state index in [-0.39, 0.29) is 41.7 Å². The zero-order valence-electron chi connectivity index (χ0n) is 10.3. The van der Waals surface area contributed by atoms with Crippen LogP contribution >= 0.6 is 0 Å². The normalized spacial score (nSPS) is 9.65.